The van der Waals surface area contributed by atoms with Crippen LogP contribution in [0.1, 0.15) is 88.6 Å². The van der Waals surface area contributed by atoms with Crippen LogP contribution in [-0.4, -0.2) is 185 Å². The van der Waals surface area contributed by atoms with Crippen molar-refractivity contribution in [2.24, 2.45) is 17.6 Å². The quantitative estimate of drug-likeness (QED) is 0.0672. The summed E-state index contributed by atoms with van der Waals surface area (Å²) < 4.78 is 0. The number of carbonyl (C=O) groups is 11. The summed E-state index contributed by atoms with van der Waals surface area (Å²) in [6.07, 6.45) is 5.59. The molecule has 11 amide bonds. The number of phenols is 1. The van der Waals surface area contributed by atoms with Gasteiger partial charge in [0.25, 0.3) is 0 Å². The number of H-pyrrole nitrogens is 3. The Morgan fingerprint density at radius 1 is 0.538 bits per heavy atom. The highest BCUT2D eigenvalue weighted by atomic mass is 16.3. The van der Waals surface area contributed by atoms with E-state index < -0.39 is 144 Å². The second-order valence-electron chi connectivity index (χ2n) is 24.8. The molecule has 93 heavy (non-hydrogen) atoms. The number of nitrogens with zero attached hydrogens (tertiary/aromatic N) is 3. The van der Waals surface area contributed by atoms with Crippen molar-refractivity contribution in [3.8, 4) is 5.75 Å². The Labute approximate surface area is 535 Å². The molecule has 3 aliphatic heterocycles. The maximum Gasteiger partial charge on any atom is 0.246 e. The molecule has 10 atom stereocenters. The summed E-state index contributed by atoms with van der Waals surface area (Å²) in [5.41, 5.74) is 8.96. The van der Waals surface area contributed by atoms with Gasteiger partial charge in [0, 0.05) is 84.9 Å². The lowest BCUT2D eigenvalue weighted by atomic mass is 9.99. The number of primary amides is 1. The number of nitrogens with two attached hydrogens (primary N) is 1. The lowest BCUT2D eigenvalue weighted by Gasteiger charge is -2.34. The van der Waals surface area contributed by atoms with Crippen molar-refractivity contribution >= 4 is 86.8 Å². The molecule has 15 N–H and O–H groups in total. The van der Waals surface area contributed by atoms with Crippen LogP contribution in [0.15, 0.2) is 97.7 Å². The van der Waals surface area contributed by atoms with E-state index in [1.165, 1.54) is 46.6 Å². The molecule has 0 spiro atoms. The SMILES string of the molecule is CC(C)C[C@@H]1NC(=O)[C@@H]2CCCN2C(=O)[C@H]2CCCN2C(=O)[C@H](C(C)C)NC(=O)[C@H](Cc2c[nH]c3ccccc23)NC(=O)[C@H](Cc2cnc[nH]2)NC(=O)[C@H](CC(N)=O)NC(=O)[C@H](CO)NC(=O)[C@H](Cc2ccc(O)cc2)NC(=O)[C@H](Cc2c[nH]c3ccccc23)NC1=O. The van der Waals surface area contributed by atoms with Crippen molar-refractivity contribution in [1.82, 2.24) is 72.3 Å². The maximum atomic E-state index is 15.0. The van der Waals surface area contributed by atoms with E-state index in [0.717, 1.165) is 0 Å². The highest BCUT2D eigenvalue weighted by Crippen LogP contribution is 2.28. The number of amides is 11. The van der Waals surface area contributed by atoms with E-state index in [1.807, 2.05) is 50.2 Å². The van der Waals surface area contributed by atoms with Crippen LogP contribution in [0, 0.1) is 11.8 Å². The number of aromatic amines is 3. The topological polar surface area (TPSA) is 417 Å². The van der Waals surface area contributed by atoms with Gasteiger partial charge in [0.15, 0.2) is 0 Å². The summed E-state index contributed by atoms with van der Waals surface area (Å²) >= 11 is 0. The molecule has 3 aliphatic rings. The predicted octanol–water partition coefficient (Wildman–Crippen LogP) is -0.208. The summed E-state index contributed by atoms with van der Waals surface area (Å²) in [5, 5.41) is 43.8. The largest absolute Gasteiger partial charge is 0.508 e. The van der Waals surface area contributed by atoms with Gasteiger partial charge >= 0.3 is 0 Å². The third-order valence-corrected chi connectivity index (χ3v) is 17.2. The first-order chi connectivity index (χ1) is 44.5. The number of benzene rings is 3. The van der Waals surface area contributed by atoms with E-state index in [-0.39, 0.29) is 69.7 Å². The number of aromatic nitrogens is 4. The summed E-state index contributed by atoms with van der Waals surface area (Å²) in [7, 11) is 0. The molecule has 3 aromatic heterocycles. The molecule has 28 nitrogen and oxygen atoms in total. The second kappa shape index (κ2) is 30.3. The van der Waals surface area contributed by atoms with E-state index >= 15 is 14.4 Å². The van der Waals surface area contributed by atoms with Crippen LogP contribution in [0.3, 0.4) is 0 Å². The van der Waals surface area contributed by atoms with Crippen LogP contribution in [0.2, 0.25) is 0 Å². The molecule has 0 unspecified atom stereocenters. The number of aromatic hydroxyl groups is 1. The van der Waals surface area contributed by atoms with Crippen LogP contribution in [0.5, 0.6) is 5.75 Å². The normalized spacial score (nSPS) is 24.8. The van der Waals surface area contributed by atoms with Crippen molar-refractivity contribution in [2.75, 3.05) is 19.7 Å². The fraction of sp³-hybridized carbons (Fsp3) is 0.446. The number of fused-ring (bicyclic) bond motifs is 4. The van der Waals surface area contributed by atoms with Crippen molar-refractivity contribution < 1.29 is 63.0 Å². The van der Waals surface area contributed by atoms with Gasteiger partial charge in [-0.3, -0.25) is 52.7 Å². The minimum Gasteiger partial charge on any atom is -0.508 e. The van der Waals surface area contributed by atoms with E-state index in [9.17, 15) is 48.6 Å². The molecule has 0 saturated carbocycles. The molecule has 28 heteroatoms. The van der Waals surface area contributed by atoms with Crippen LogP contribution in [-0.2, 0) is 78.4 Å². The number of phenolic OH excluding ortho intramolecular Hbond substituents is 1. The Balaban J connectivity index is 1.09. The molecule has 3 aromatic carbocycles. The molecule has 0 radical (unpaired) electrons. The zero-order valence-electron chi connectivity index (χ0n) is 52.2. The molecule has 3 fully saturated rings. The van der Waals surface area contributed by atoms with Crippen molar-refractivity contribution in [2.45, 2.75) is 152 Å². The Kier molecular flexibility index (Phi) is 21.9. The van der Waals surface area contributed by atoms with Gasteiger partial charge in [-0.15, -0.1) is 0 Å². The zero-order valence-corrected chi connectivity index (χ0v) is 52.2. The Morgan fingerprint density at radius 3 is 1.53 bits per heavy atom. The zero-order chi connectivity index (χ0) is 66.6. The third-order valence-electron chi connectivity index (χ3n) is 17.2. The van der Waals surface area contributed by atoms with E-state index in [4.69, 9.17) is 5.73 Å². The van der Waals surface area contributed by atoms with Crippen molar-refractivity contribution in [3.05, 3.63) is 120 Å². The fourth-order valence-electron chi connectivity index (χ4n) is 12.3. The van der Waals surface area contributed by atoms with Gasteiger partial charge in [0.1, 0.15) is 66.2 Å². The monoisotopic (exact) mass is 1280 g/mol. The number of para-hydroxylation sites is 2. The first kappa shape index (κ1) is 67.3. The average molecular weight is 1280 g/mol. The number of aliphatic hydroxyl groups excluding tert-OH is 1. The van der Waals surface area contributed by atoms with E-state index in [1.54, 1.807) is 38.4 Å². The number of carbonyl (C=O) groups excluding carboxylic acids is 11. The van der Waals surface area contributed by atoms with Crippen LogP contribution in [0.4, 0.5) is 0 Å². The van der Waals surface area contributed by atoms with Crippen LogP contribution in [0.25, 0.3) is 21.8 Å². The number of hydrogen-bond acceptors (Lipinski definition) is 14. The number of imidazole rings is 1. The molecule has 3 saturated heterocycles. The van der Waals surface area contributed by atoms with Gasteiger partial charge in [0.05, 0.1) is 19.4 Å². The number of nitrogens with one attached hydrogen (secondary N) is 11. The summed E-state index contributed by atoms with van der Waals surface area (Å²) in [6, 6.07) is 5.56. The van der Waals surface area contributed by atoms with Gasteiger partial charge in [0.2, 0.25) is 65.0 Å². The minimum atomic E-state index is -1.89. The Morgan fingerprint density at radius 2 is 1.00 bits per heavy atom. The average Bonchev–Trinajstić information content (AvgIpc) is 1.94. The second-order valence-corrected chi connectivity index (χ2v) is 24.8. The van der Waals surface area contributed by atoms with Gasteiger partial charge in [-0.05, 0) is 84.9 Å². The summed E-state index contributed by atoms with van der Waals surface area (Å²) in [5.74, 6) is -10.6. The lowest BCUT2D eigenvalue weighted by molar-refractivity contribution is -0.148. The number of hydrogen-bond donors (Lipinski definition) is 14. The smallest absolute Gasteiger partial charge is 0.246 e. The molecule has 9 rings (SSSR count). The highest BCUT2D eigenvalue weighted by molar-refractivity contribution is 6.01. The molecule has 0 aliphatic carbocycles. The van der Waals surface area contributed by atoms with E-state index in [2.05, 4.69) is 62.5 Å². The van der Waals surface area contributed by atoms with Gasteiger partial charge in [-0.25, -0.2) is 4.98 Å². The highest BCUT2D eigenvalue weighted by Gasteiger charge is 2.46. The molecular formula is C65H81N15O13. The van der Waals surface area contributed by atoms with E-state index in [0.29, 0.717) is 57.0 Å². The first-order valence-electron chi connectivity index (χ1n) is 31.3. The van der Waals surface area contributed by atoms with Crippen LogP contribution < -0.4 is 48.3 Å². The lowest BCUT2D eigenvalue weighted by Crippen LogP contribution is -2.62. The maximum absolute atomic E-state index is 15.0. The molecule has 6 aromatic rings. The Hall–Kier alpha value is -10.1. The molecule has 494 valence electrons. The number of rotatable bonds is 14. The summed E-state index contributed by atoms with van der Waals surface area (Å²) in [4.78, 5) is 177. The van der Waals surface area contributed by atoms with Gasteiger partial charge < -0.3 is 83.2 Å². The first-order valence-corrected chi connectivity index (χ1v) is 31.3. The van der Waals surface area contributed by atoms with Gasteiger partial charge in [-0.2, -0.15) is 0 Å². The Bertz CT molecular complexity index is 3720. The fourth-order valence-corrected chi connectivity index (χ4v) is 12.3. The molecule has 0 bridgehead atoms. The molecular weight excluding hydrogens is 1200 g/mol. The predicted molar refractivity (Wildman–Crippen MR) is 338 cm³/mol. The minimum absolute atomic E-state index is 0.0728. The van der Waals surface area contributed by atoms with Crippen molar-refractivity contribution in [1.29, 1.82) is 0 Å². The summed E-state index contributed by atoms with van der Waals surface area (Å²) in [6.45, 7) is 6.26. The third kappa shape index (κ3) is 16.7. The standard InChI is InChI=1S/C65H81N15O13/c1-34(2)23-45-56(84)72-47(25-37-29-68-43-13-7-5-11-41(37)43)58(86)71-46(24-36-17-19-40(82)20-18-36)57(85)77-51(32-81)62(90)75-50(28-54(66)83)60(88)74-49(27-39-31-67-33-70-39)59(87)73-48(26-38-30-69-44-14-8-6-12-42(38)44)61(89)78-55(35(3)4)65(93)80-22-10-16-53(80)64(92)79-21-9-15-52(79)63(91)76-45/h5-8,11-14,17-20,29-31,33-35,45-53,55,68-69,81-82H,9-10,15-16,21-28,32H2,1-4H3,(H2,66,83)(H,67,70)(H,71,86)(H,72,84)(H,73,87)(H,74,88)(H,75,90)(H,76,91)(H,77,85)(H,78,89)/t45-,46-,47-,48-,49-,50-,51-,52-,53+,55-/m0/s1. The molecule has 6 heterocycles. The van der Waals surface area contributed by atoms with Gasteiger partial charge in [-0.1, -0.05) is 76.2 Å². The van der Waals surface area contributed by atoms with Crippen molar-refractivity contribution in [3.63, 3.8) is 0 Å². The van der Waals surface area contributed by atoms with Crippen LogP contribution >= 0.6 is 0 Å². The number of aliphatic hydroxyl groups is 1.